The van der Waals surface area contributed by atoms with Gasteiger partial charge in [0, 0.05) is 55.2 Å². The van der Waals surface area contributed by atoms with Gasteiger partial charge in [-0.3, -0.25) is 4.90 Å². The summed E-state index contributed by atoms with van der Waals surface area (Å²) in [6, 6.07) is 13.7. The molecule has 3 aromatic heterocycles. The van der Waals surface area contributed by atoms with Gasteiger partial charge in [0.2, 0.25) is 5.88 Å². The maximum absolute atomic E-state index is 14.3. The highest BCUT2D eigenvalue weighted by Crippen LogP contribution is 2.32. The highest BCUT2D eigenvalue weighted by molar-refractivity contribution is 6.35. The molecule has 0 spiro atoms. The predicted molar refractivity (Wildman–Crippen MR) is 179 cm³/mol. The minimum absolute atomic E-state index is 0.0367. The van der Waals surface area contributed by atoms with Gasteiger partial charge in [0.1, 0.15) is 35.4 Å². The van der Waals surface area contributed by atoms with Crippen LogP contribution in [-0.4, -0.2) is 80.5 Å². The summed E-state index contributed by atoms with van der Waals surface area (Å²) in [7, 11) is 1.35. The fourth-order valence-electron chi connectivity index (χ4n) is 6.53. The van der Waals surface area contributed by atoms with Crippen LogP contribution in [0.25, 0.3) is 11.0 Å². The van der Waals surface area contributed by atoms with Crippen LogP contribution in [0.2, 0.25) is 10.0 Å². The second-order valence-corrected chi connectivity index (χ2v) is 12.7. The van der Waals surface area contributed by atoms with E-state index in [0.29, 0.717) is 72.0 Å². The van der Waals surface area contributed by atoms with Crippen molar-refractivity contribution in [3.63, 3.8) is 0 Å². The van der Waals surface area contributed by atoms with Gasteiger partial charge in [0.25, 0.3) is 0 Å². The number of methoxy groups -OCH3 is 1. The zero-order chi connectivity index (χ0) is 33.4. The highest BCUT2D eigenvalue weighted by Gasteiger charge is 2.42. The molecule has 0 saturated carbocycles. The van der Waals surface area contributed by atoms with Crippen molar-refractivity contribution in [1.82, 2.24) is 29.0 Å². The minimum atomic E-state index is -0.458. The zero-order valence-corrected chi connectivity index (χ0v) is 28.0. The molecule has 0 radical (unpaired) electrons. The van der Waals surface area contributed by atoms with Gasteiger partial charge in [-0.05, 0) is 37.3 Å². The van der Waals surface area contributed by atoms with Crippen molar-refractivity contribution >= 4 is 46.0 Å². The topological polar surface area (TPSA) is 99.8 Å². The third-order valence-electron chi connectivity index (χ3n) is 9.05. The van der Waals surface area contributed by atoms with E-state index in [-0.39, 0.29) is 18.7 Å². The lowest BCUT2D eigenvalue weighted by Gasteiger charge is -2.44. The molecule has 250 valence electrons. The summed E-state index contributed by atoms with van der Waals surface area (Å²) in [6.45, 7) is 6.39. The lowest BCUT2D eigenvalue weighted by Crippen LogP contribution is -2.59. The number of halogens is 3. The molecule has 14 heteroatoms. The van der Waals surface area contributed by atoms with E-state index in [2.05, 4.69) is 23.9 Å². The van der Waals surface area contributed by atoms with Crippen molar-refractivity contribution in [3.8, 4) is 5.88 Å². The number of piperazine rings is 1. The van der Waals surface area contributed by atoms with Crippen molar-refractivity contribution in [1.29, 1.82) is 0 Å². The molecule has 2 fully saturated rings. The minimum Gasteiger partial charge on any atom is -0.473 e. The molecule has 0 bridgehead atoms. The normalized spacial score (nSPS) is 18.0. The van der Waals surface area contributed by atoms with Crippen LogP contribution < -0.4 is 9.64 Å². The van der Waals surface area contributed by atoms with Gasteiger partial charge in [0.05, 0.1) is 55.1 Å². The van der Waals surface area contributed by atoms with Crippen LogP contribution >= 0.6 is 23.2 Å². The molecule has 2 aromatic carbocycles. The van der Waals surface area contributed by atoms with E-state index in [1.54, 1.807) is 36.5 Å². The third kappa shape index (κ3) is 6.45. The summed E-state index contributed by atoms with van der Waals surface area (Å²) in [5, 5.41) is 0.729. The van der Waals surface area contributed by atoms with E-state index >= 15 is 0 Å². The number of nitrogens with zero attached hydrogens (tertiary/aromatic N) is 7. The van der Waals surface area contributed by atoms with Crippen LogP contribution in [0.1, 0.15) is 27.6 Å². The van der Waals surface area contributed by atoms with E-state index < -0.39 is 11.8 Å². The number of imidazole rings is 2. The first-order chi connectivity index (χ1) is 23.3. The van der Waals surface area contributed by atoms with Crippen molar-refractivity contribution in [2.75, 3.05) is 38.3 Å². The first-order valence-electron chi connectivity index (χ1n) is 15.7. The molecule has 7 rings (SSSR count). The summed E-state index contributed by atoms with van der Waals surface area (Å²) in [5.41, 5.74) is 2.18. The number of rotatable bonds is 10. The third-order valence-corrected chi connectivity index (χ3v) is 9.58. The maximum Gasteiger partial charge on any atom is 0.337 e. The Kier molecular flexibility index (Phi) is 9.23. The van der Waals surface area contributed by atoms with Crippen LogP contribution in [0.3, 0.4) is 0 Å². The van der Waals surface area contributed by atoms with Crippen molar-refractivity contribution < 1.29 is 23.4 Å². The number of pyridine rings is 1. The van der Waals surface area contributed by atoms with Gasteiger partial charge >= 0.3 is 5.97 Å². The van der Waals surface area contributed by atoms with Crippen molar-refractivity contribution in [2.45, 2.75) is 45.2 Å². The average molecular weight is 695 g/mol. The summed E-state index contributed by atoms with van der Waals surface area (Å²) >= 11 is 12.6. The van der Waals surface area contributed by atoms with Crippen LogP contribution in [-0.2, 0) is 35.7 Å². The number of aromatic nitrogens is 5. The first-order valence-corrected chi connectivity index (χ1v) is 16.4. The van der Waals surface area contributed by atoms with Crippen LogP contribution in [0.4, 0.5) is 10.2 Å². The monoisotopic (exact) mass is 693 g/mol. The molecule has 0 amide bonds. The summed E-state index contributed by atoms with van der Waals surface area (Å²) in [5.74, 6) is 2.06. The molecule has 48 heavy (non-hydrogen) atoms. The van der Waals surface area contributed by atoms with Gasteiger partial charge in [-0.1, -0.05) is 35.3 Å². The SMILES string of the molecule is COC(=O)c1cc(Cl)c2nc(CN3CCN(c4cccc(OCc5ccc(Cl)cc5F)n4)[C@H]4COC[C@H]43)n(CCn3ccnc3C)c2c1. The van der Waals surface area contributed by atoms with Gasteiger partial charge in [-0.25, -0.2) is 19.2 Å². The first kappa shape index (κ1) is 32.3. The standard InChI is InChI=1S/C34H34Cl2FN7O4/c1-21-38-8-9-41(21)10-12-43-27-15-23(34(45)46-2)14-25(36)33(27)40-31(43)17-42-11-13-44(29-20-47-19-28(29)42)30-4-3-5-32(39-30)48-18-22-6-7-24(35)16-26(22)37/h3-9,14-16,28-29H,10-13,17-20H2,1-2H3/t28-,29+/m1/s1. The number of benzene rings is 2. The number of hydrogen-bond acceptors (Lipinski definition) is 9. The van der Waals surface area contributed by atoms with E-state index in [1.165, 1.54) is 13.2 Å². The molecule has 5 heterocycles. The lowest BCUT2D eigenvalue weighted by atomic mass is 10.0. The number of esters is 1. The molecule has 0 unspecified atom stereocenters. The van der Waals surface area contributed by atoms with E-state index in [9.17, 15) is 9.18 Å². The van der Waals surface area contributed by atoms with Gasteiger partial charge in [-0.2, -0.15) is 4.98 Å². The molecule has 11 nitrogen and oxygen atoms in total. The number of ether oxygens (including phenoxy) is 3. The molecule has 2 aliphatic rings. The molecule has 0 N–H and O–H groups in total. The highest BCUT2D eigenvalue weighted by atomic mass is 35.5. The number of carbonyl (C=O) groups excluding carboxylic acids is 1. The Hall–Kier alpha value is -4.23. The lowest BCUT2D eigenvalue weighted by molar-refractivity contribution is 0.0601. The van der Waals surface area contributed by atoms with E-state index in [4.69, 9.17) is 47.4 Å². The molecule has 2 aliphatic heterocycles. The van der Waals surface area contributed by atoms with Crippen LogP contribution in [0.15, 0.2) is 60.9 Å². The largest absolute Gasteiger partial charge is 0.473 e. The molecule has 5 aromatic rings. The molecular formula is C34H34Cl2FN7O4. The number of fused-ring (bicyclic) bond motifs is 2. The fraction of sp³-hybridized carbons (Fsp3) is 0.353. The number of carbonyl (C=O) groups is 1. The van der Waals surface area contributed by atoms with E-state index in [1.807, 2.05) is 25.3 Å². The predicted octanol–water partition coefficient (Wildman–Crippen LogP) is 5.54. The second kappa shape index (κ2) is 13.7. The average Bonchev–Trinajstić information content (AvgIpc) is 3.82. The summed E-state index contributed by atoms with van der Waals surface area (Å²) < 4.78 is 35.4. The van der Waals surface area contributed by atoms with E-state index in [0.717, 1.165) is 29.5 Å². The van der Waals surface area contributed by atoms with Crippen molar-refractivity contribution in [2.24, 2.45) is 0 Å². The molecule has 2 saturated heterocycles. The van der Waals surface area contributed by atoms with Gasteiger partial charge in [-0.15, -0.1) is 0 Å². The number of hydrogen-bond donors (Lipinski definition) is 0. The van der Waals surface area contributed by atoms with Crippen LogP contribution in [0, 0.1) is 12.7 Å². The summed E-state index contributed by atoms with van der Waals surface area (Å²) in [6.07, 6.45) is 3.73. The Morgan fingerprint density at radius 3 is 2.71 bits per heavy atom. The van der Waals surface area contributed by atoms with Gasteiger partial charge in [0.15, 0.2) is 0 Å². The second-order valence-electron chi connectivity index (χ2n) is 11.9. The van der Waals surface area contributed by atoms with Crippen molar-refractivity contribution in [3.05, 3.63) is 99.6 Å². The maximum atomic E-state index is 14.3. The molecule has 0 aliphatic carbocycles. The quantitative estimate of drug-likeness (QED) is 0.175. The summed E-state index contributed by atoms with van der Waals surface area (Å²) in [4.78, 5) is 31.3. The number of aryl methyl sites for hydroxylation is 3. The Morgan fingerprint density at radius 1 is 1.06 bits per heavy atom. The fourth-order valence-corrected chi connectivity index (χ4v) is 6.94. The number of anilines is 1. The van der Waals surface area contributed by atoms with Gasteiger partial charge < -0.3 is 28.2 Å². The Bertz CT molecular complexity index is 1970. The molecule has 2 atom stereocenters. The van der Waals surface area contributed by atoms with Crippen LogP contribution in [0.5, 0.6) is 5.88 Å². The Labute approximate surface area is 286 Å². The Balaban J connectivity index is 1.12. The molecular weight excluding hydrogens is 660 g/mol. The Morgan fingerprint density at radius 2 is 1.92 bits per heavy atom. The zero-order valence-electron chi connectivity index (χ0n) is 26.5. The smallest absolute Gasteiger partial charge is 0.337 e.